The summed E-state index contributed by atoms with van der Waals surface area (Å²) in [7, 11) is 0. The Kier molecular flexibility index (Phi) is 12.0. The van der Waals surface area contributed by atoms with Crippen molar-refractivity contribution >= 4 is 17.7 Å². The molecule has 0 aromatic heterocycles. The van der Waals surface area contributed by atoms with Crippen LogP contribution in [0.1, 0.15) is 35.6 Å². The highest BCUT2D eigenvalue weighted by atomic mass is 19.1. The van der Waals surface area contributed by atoms with E-state index >= 15 is 0 Å². The number of amides is 2. The lowest BCUT2D eigenvalue weighted by atomic mass is 10.1. The highest BCUT2D eigenvalue weighted by molar-refractivity contribution is 5.90. The van der Waals surface area contributed by atoms with Gasteiger partial charge in [0.2, 0.25) is 0 Å². The van der Waals surface area contributed by atoms with E-state index in [1.54, 1.807) is 36.1 Å². The maximum Gasteiger partial charge on any atom is 0.333 e. The van der Waals surface area contributed by atoms with Crippen LogP contribution < -0.4 is 14.8 Å². The molecule has 8 nitrogen and oxygen atoms in total. The molecule has 2 amide bonds. The number of rotatable bonds is 15. The van der Waals surface area contributed by atoms with Crippen LogP contribution in [0.15, 0.2) is 60.7 Å². The summed E-state index contributed by atoms with van der Waals surface area (Å²) in [6.07, 6.45) is -0.0718. The van der Waals surface area contributed by atoms with E-state index in [4.69, 9.17) is 14.2 Å². The molecular formula is C32H39FN2O6. The standard InChI is InChI=1S/C32H39FN2O6/c1-5-39-30(31(36)37)21-25-7-11-27(12-8-25)41-18-16-35(15-6-17-40-28-13-9-26(33)10-14-28)32(38)34-29-20-23(3)22(2)19-24(29)4/h7-14,19-20,30H,5-6,15-18,21H2,1-4H3,(H,34,38)(H,36,37). The number of ether oxygens (including phenoxy) is 3. The van der Waals surface area contributed by atoms with Crippen molar-refractivity contribution in [3.8, 4) is 11.5 Å². The summed E-state index contributed by atoms with van der Waals surface area (Å²) < 4.78 is 30.0. The molecule has 0 aliphatic heterocycles. The van der Waals surface area contributed by atoms with E-state index in [0.717, 1.165) is 27.9 Å². The lowest BCUT2D eigenvalue weighted by Gasteiger charge is -2.24. The normalized spacial score (nSPS) is 11.5. The molecule has 3 rings (SSSR count). The largest absolute Gasteiger partial charge is 0.494 e. The molecule has 0 aliphatic carbocycles. The monoisotopic (exact) mass is 566 g/mol. The number of anilines is 1. The number of halogens is 1. The number of carboxylic acids is 1. The third-order valence-electron chi connectivity index (χ3n) is 6.64. The van der Waals surface area contributed by atoms with Gasteiger partial charge in [-0.05, 0) is 98.8 Å². The molecule has 220 valence electrons. The van der Waals surface area contributed by atoms with E-state index in [1.165, 1.54) is 12.1 Å². The average molecular weight is 567 g/mol. The number of aliphatic carboxylic acids is 1. The summed E-state index contributed by atoms with van der Waals surface area (Å²) in [6, 6.07) is 16.8. The molecule has 3 aromatic rings. The number of hydrogen-bond acceptors (Lipinski definition) is 5. The van der Waals surface area contributed by atoms with E-state index in [2.05, 4.69) is 5.32 Å². The number of carboxylic acid groups (broad SMARTS) is 1. The molecule has 0 heterocycles. The molecule has 0 spiro atoms. The molecular weight excluding hydrogens is 527 g/mol. The zero-order chi connectivity index (χ0) is 29.8. The topological polar surface area (TPSA) is 97.3 Å². The molecule has 0 fully saturated rings. The molecule has 2 N–H and O–H groups in total. The van der Waals surface area contributed by atoms with Crippen molar-refractivity contribution in [3.05, 3.63) is 88.7 Å². The summed E-state index contributed by atoms with van der Waals surface area (Å²) in [5.41, 5.74) is 4.81. The minimum Gasteiger partial charge on any atom is -0.494 e. The number of hydrogen-bond donors (Lipinski definition) is 2. The number of aryl methyl sites for hydroxylation is 3. The van der Waals surface area contributed by atoms with Gasteiger partial charge in [0.25, 0.3) is 0 Å². The fourth-order valence-corrected chi connectivity index (χ4v) is 4.21. The van der Waals surface area contributed by atoms with Gasteiger partial charge in [-0.15, -0.1) is 0 Å². The summed E-state index contributed by atoms with van der Waals surface area (Å²) in [5.74, 6) is -0.144. The first-order chi connectivity index (χ1) is 19.7. The summed E-state index contributed by atoms with van der Waals surface area (Å²) in [4.78, 5) is 26.3. The molecule has 9 heteroatoms. The van der Waals surface area contributed by atoms with Gasteiger partial charge in [0, 0.05) is 25.3 Å². The van der Waals surface area contributed by atoms with Crippen LogP contribution in [0, 0.1) is 26.6 Å². The Morgan fingerprint density at radius 1 is 0.878 bits per heavy atom. The van der Waals surface area contributed by atoms with Gasteiger partial charge in [0.05, 0.1) is 13.2 Å². The average Bonchev–Trinajstić information content (AvgIpc) is 2.94. The molecule has 0 aliphatic rings. The minimum absolute atomic E-state index is 0.243. The van der Waals surface area contributed by atoms with Gasteiger partial charge in [0.1, 0.15) is 23.9 Å². The van der Waals surface area contributed by atoms with Crippen LogP contribution in [0.2, 0.25) is 0 Å². The third-order valence-corrected chi connectivity index (χ3v) is 6.64. The second kappa shape index (κ2) is 15.6. The number of carbonyl (C=O) groups excluding carboxylic acids is 1. The van der Waals surface area contributed by atoms with Gasteiger partial charge in [-0.3, -0.25) is 0 Å². The second-order valence-electron chi connectivity index (χ2n) is 9.80. The molecule has 41 heavy (non-hydrogen) atoms. The van der Waals surface area contributed by atoms with Crippen molar-refractivity contribution in [2.75, 3.05) is 38.2 Å². The van der Waals surface area contributed by atoms with Crippen LogP contribution >= 0.6 is 0 Å². The van der Waals surface area contributed by atoms with Gasteiger partial charge in [-0.25, -0.2) is 14.0 Å². The molecule has 0 saturated heterocycles. The number of urea groups is 1. The Labute approximate surface area is 241 Å². The van der Waals surface area contributed by atoms with Crippen molar-refractivity contribution in [1.29, 1.82) is 0 Å². The Balaban J connectivity index is 1.59. The van der Waals surface area contributed by atoms with Crippen LogP contribution in [0.25, 0.3) is 0 Å². The predicted octanol–water partition coefficient (Wildman–Crippen LogP) is 6.17. The molecule has 1 unspecified atom stereocenters. The third kappa shape index (κ3) is 10.1. The molecule has 3 aromatic carbocycles. The summed E-state index contributed by atoms with van der Waals surface area (Å²) >= 11 is 0. The van der Waals surface area contributed by atoms with Gasteiger partial charge >= 0.3 is 12.0 Å². The lowest BCUT2D eigenvalue weighted by molar-refractivity contribution is -0.149. The maximum absolute atomic E-state index is 13.3. The van der Waals surface area contributed by atoms with Crippen LogP contribution in [-0.4, -0.2) is 61.0 Å². The van der Waals surface area contributed by atoms with Gasteiger partial charge in [-0.2, -0.15) is 0 Å². The van der Waals surface area contributed by atoms with E-state index in [-0.39, 0.29) is 24.9 Å². The first-order valence-corrected chi connectivity index (χ1v) is 13.7. The highest BCUT2D eigenvalue weighted by Crippen LogP contribution is 2.21. The molecule has 0 radical (unpaired) electrons. The fourth-order valence-electron chi connectivity index (χ4n) is 4.21. The number of benzene rings is 3. The first kappa shape index (κ1) is 31.4. The van der Waals surface area contributed by atoms with Crippen molar-refractivity contribution in [1.82, 2.24) is 4.90 Å². The Hall–Kier alpha value is -4.11. The van der Waals surface area contributed by atoms with Crippen LogP contribution in [0.4, 0.5) is 14.9 Å². The van der Waals surface area contributed by atoms with Crippen molar-refractivity contribution in [2.24, 2.45) is 0 Å². The minimum atomic E-state index is -0.996. The summed E-state index contributed by atoms with van der Waals surface area (Å²) in [6.45, 7) is 9.46. The molecule has 0 saturated carbocycles. The first-order valence-electron chi connectivity index (χ1n) is 13.7. The number of nitrogens with zero attached hydrogens (tertiary/aromatic N) is 1. The highest BCUT2D eigenvalue weighted by Gasteiger charge is 2.18. The Morgan fingerprint density at radius 2 is 1.49 bits per heavy atom. The van der Waals surface area contributed by atoms with Crippen LogP contribution in [0.3, 0.4) is 0 Å². The Bertz CT molecular complexity index is 1280. The summed E-state index contributed by atoms with van der Waals surface area (Å²) in [5, 5.41) is 12.3. The van der Waals surface area contributed by atoms with E-state index in [9.17, 15) is 19.1 Å². The quantitative estimate of drug-likeness (QED) is 0.214. The maximum atomic E-state index is 13.3. The number of carbonyl (C=O) groups is 2. The van der Waals surface area contributed by atoms with Gasteiger partial charge in [-0.1, -0.05) is 18.2 Å². The van der Waals surface area contributed by atoms with Gasteiger partial charge < -0.3 is 29.5 Å². The predicted molar refractivity (Wildman–Crippen MR) is 156 cm³/mol. The lowest BCUT2D eigenvalue weighted by Crippen LogP contribution is -2.39. The van der Waals surface area contributed by atoms with Crippen molar-refractivity contribution in [2.45, 2.75) is 46.6 Å². The zero-order valence-electron chi connectivity index (χ0n) is 24.1. The smallest absolute Gasteiger partial charge is 0.333 e. The van der Waals surface area contributed by atoms with Gasteiger partial charge in [0.15, 0.2) is 6.10 Å². The molecule has 0 bridgehead atoms. The van der Waals surface area contributed by atoms with Crippen molar-refractivity contribution in [3.63, 3.8) is 0 Å². The fraction of sp³-hybridized carbons (Fsp3) is 0.375. The van der Waals surface area contributed by atoms with E-state index in [1.807, 2.05) is 45.0 Å². The van der Waals surface area contributed by atoms with E-state index < -0.39 is 12.1 Å². The Morgan fingerprint density at radius 3 is 2.12 bits per heavy atom. The SMILES string of the molecule is CCOC(Cc1ccc(OCCN(CCCOc2ccc(F)cc2)C(=O)Nc2cc(C)c(C)cc2C)cc1)C(=O)O. The number of nitrogens with one attached hydrogen (secondary N) is 1. The van der Waals surface area contributed by atoms with Crippen LogP contribution in [0.5, 0.6) is 11.5 Å². The second-order valence-corrected chi connectivity index (χ2v) is 9.80. The van der Waals surface area contributed by atoms with Crippen LogP contribution in [-0.2, 0) is 16.0 Å². The zero-order valence-corrected chi connectivity index (χ0v) is 24.1. The molecule has 1 atom stereocenters. The van der Waals surface area contributed by atoms with E-state index in [0.29, 0.717) is 44.2 Å². The van der Waals surface area contributed by atoms with Crippen molar-refractivity contribution < 1.29 is 33.3 Å².